The summed E-state index contributed by atoms with van der Waals surface area (Å²) in [6.45, 7) is 8.06. The fourth-order valence-electron chi connectivity index (χ4n) is 3.26. The van der Waals surface area contributed by atoms with E-state index in [1.165, 1.54) is 0 Å². The summed E-state index contributed by atoms with van der Waals surface area (Å²) in [5, 5.41) is 16.9. The van der Waals surface area contributed by atoms with Gasteiger partial charge < -0.3 is 10.1 Å². The quantitative estimate of drug-likeness (QED) is 0.503. The van der Waals surface area contributed by atoms with Crippen molar-refractivity contribution in [2.24, 2.45) is 0 Å². The van der Waals surface area contributed by atoms with Crippen LogP contribution in [0.2, 0.25) is 0 Å². The van der Waals surface area contributed by atoms with Crippen LogP contribution in [0.4, 0.5) is 11.6 Å². The molecule has 0 aliphatic heterocycles. The van der Waals surface area contributed by atoms with Crippen LogP contribution in [0.15, 0.2) is 42.5 Å². The normalized spacial score (nSPS) is 10.9. The van der Waals surface area contributed by atoms with Crippen LogP contribution >= 0.6 is 0 Å². The summed E-state index contributed by atoms with van der Waals surface area (Å²) in [7, 11) is 0. The molecule has 0 atom stereocenters. The minimum Gasteiger partial charge on any atom is -0.461 e. The molecular weight excluding hydrogens is 380 g/mol. The lowest BCUT2D eigenvalue weighted by atomic mass is 10.1. The highest BCUT2D eigenvalue weighted by atomic mass is 16.5. The standard InChI is InChI=1S/C22H22N6O2/c1-5-30-22(29)17-9-10-18(26-25-17)23-20-12-15(4)27-28(20)19-11-14(3)16-8-6-7-13(2)21(16)24-19/h6-12H,5H2,1-4H3,(H,23,26). The van der Waals surface area contributed by atoms with Crippen molar-refractivity contribution in [2.75, 3.05) is 11.9 Å². The molecule has 8 heteroatoms. The first kappa shape index (κ1) is 19.5. The van der Waals surface area contributed by atoms with E-state index < -0.39 is 5.97 Å². The van der Waals surface area contributed by atoms with Gasteiger partial charge in [0.25, 0.3) is 0 Å². The molecule has 4 rings (SSSR count). The average molecular weight is 402 g/mol. The first-order chi connectivity index (χ1) is 14.5. The van der Waals surface area contributed by atoms with E-state index in [2.05, 4.69) is 33.6 Å². The van der Waals surface area contributed by atoms with Crippen molar-refractivity contribution >= 4 is 28.5 Å². The van der Waals surface area contributed by atoms with Gasteiger partial charge in [0.05, 0.1) is 17.8 Å². The molecule has 0 radical (unpaired) electrons. The van der Waals surface area contributed by atoms with E-state index >= 15 is 0 Å². The molecule has 152 valence electrons. The van der Waals surface area contributed by atoms with Crippen LogP contribution in [0.3, 0.4) is 0 Å². The maximum atomic E-state index is 11.8. The van der Waals surface area contributed by atoms with Crippen molar-refractivity contribution in [1.29, 1.82) is 0 Å². The van der Waals surface area contributed by atoms with E-state index in [0.29, 0.717) is 17.5 Å². The van der Waals surface area contributed by atoms with Crippen molar-refractivity contribution in [3.8, 4) is 5.82 Å². The zero-order valence-corrected chi connectivity index (χ0v) is 17.3. The highest BCUT2D eigenvalue weighted by Gasteiger charge is 2.14. The predicted molar refractivity (Wildman–Crippen MR) is 114 cm³/mol. The van der Waals surface area contributed by atoms with Gasteiger partial charge in [-0.3, -0.25) is 0 Å². The molecule has 3 heterocycles. The Morgan fingerprint density at radius 3 is 2.63 bits per heavy atom. The number of aromatic nitrogens is 5. The number of benzene rings is 1. The Balaban J connectivity index is 1.69. The Labute approximate surface area is 173 Å². The Kier molecular flexibility index (Phi) is 5.14. The highest BCUT2D eigenvalue weighted by molar-refractivity contribution is 5.87. The number of ether oxygens (including phenoxy) is 1. The number of esters is 1. The second kappa shape index (κ2) is 7.90. The van der Waals surface area contributed by atoms with Crippen molar-refractivity contribution in [1.82, 2.24) is 25.0 Å². The second-order valence-electron chi connectivity index (χ2n) is 7.00. The number of pyridine rings is 1. The molecule has 1 aromatic carbocycles. The van der Waals surface area contributed by atoms with Crippen LogP contribution in [0.5, 0.6) is 0 Å². The minimum atomic E-state index is -0.497. The molecule has 0 fully saturated rings. The van der Waals surface area contributed by atoms with E-state index in [1.807, 2.05) is 38.1 Å². The molecule has 0 unspecified atom stereocenters. The monoisotopic (exact) mass is 402 g/mol. The zero-order valence-electron chi connectivity index (χ0n) is 17.3. The molecule has 1 N–H and O–H groups in total. The van der Waals surface area contributed by atoms with Gasteiger partial charge in [-0.2, -0.15) is 9.78 Å². The van der Waals surface area contributed by atoms with Gasteiger partial charge in [0.2, 0.25) is 0 Å². The van der Waals surface area contributed by atoms with Crippen molar-refractivity contribution < 1.29 is 9.53 Å². The lowest BCUT2D eigenvalue weighted by Gasteiger charge is -2.12. The van der Waals surface area contributed by atoms with Gasteiger partial charge >= 0.3 is 5.97 Å². The topological polar surface area (TPSA) is 94.8 Å². The second-order valence-corrected chi connectivity index (χ2v) is 7.00. The van der Waals surface area contributed by atoms with E-state index in [9.17, 15) is 4.79 Å². The number of carbonyl (C=O) groups is 1. The Morgan fingerprint density at radius 1 is 1.07 bits per heavy atom. The third-order valence-corrected chi connectivity index (χ3v) is 4.69. The van der Waals surface area contributed by atoms with Gasteiger partial charge in [0.15, 0.2) is 17.3 Å². The summed E-state index contributed by atoms with van der Waals surface area (Å²) in [6, 6.07) is 13.3. The molecule has 4 aromatic rings. The summed E-state index contributed by atoms with van der Waals surface area (Å²) in [5.41, 5.74) is 4.17. The first-order valence-corrected chi connectivity index (χ1v) is 9.68. The largest absolute Gasteiger partial charge is 0.461 e. The maximum Gasteiger partial charge on any atom is 0.358 e. The van der Waals surface area contributed by atoms with Gasteiger partial charge in [-0.25, -0.2) is 9.78 Å². The molecule has 30 heavy (non-hydrogen) atoms. The number of fused-ring (bicyclic) bond motifs is 1. The summed E-state index contributed by atoms with van der Waals surface area (Å²) in [5.74, 6) is 1.40. The number of anilines is 2. The Hall–Kier alpha value is -3.81. The van der Waals surface area contributed by atoms with E-state index in [4.69, 9.17) is 9.72 Å². The minimum absolute atomic E-state index is 0.161. The van der Waals surface area contributed by atoms with Crippen LogP contribution in [0.1, 0.15) is 34.2 Å². The molecule has 0 spiro atoms. The number of aryl methyl sites for hydroxylation is 3. The number of carbonyl (C=O) groups excluding carboxylic acids is 1. The lowest BCUT2D eigenvalue weighted by Crippen LogP contribution is -2.10. The fraction of sp³-hybridized carbons (Fsp3) is 0.227. The lowest BCUT2D eigenvalue weighted by molar-refractivity contribution is 0.0518. The Morgan fingerprint density at radius 2 is 1.90 bits per heavy atom. The summed E-state index contributed by atoms with van der Waals surface area (Å²) in [4.78, 5) is 16.6. The fourth-order valence-corrected chi connectivity index (χ4v) is 3.26. The van der Waals surface area contributed by atoms with Gasteiger partial charge in [-0.1, -0.05) is 18.2 Å². The van der Waals surface area contributed by atoms with Crippen molar-refractivity contribution in [3.63, 3.8) is 0 Å². The Bertz CT molecular complexity index is 1230. The number of nitrogens with zero attached hydrogens (tertiary/aromatic N) is 5. The molecule has 0 aliphatic carbocycles. The molecular formula is C22H22N6O2. The van der Waals surface area contributed by atoms with Crippen LogP contribution in [-0.2, 0) is 4.74 Å². The van der Waals surface area contributed by atoms with Gasteiger partial charge in [-0.05, 0) is 57.0 Å². The maximum absolute atomic E-state index is 11.8. The van der Waals surface area contributed by atoms with Gasteiger partial charge in [0.1, 0.15) is 5.82 Å². The zero-order chi connectivity index (χ0) is 21.3. The molecule has 0 bridgehead atoms. The molecule has 0 saturated carbocycles. The van der Waals surface area contributed by atoms with Crippen LogP contribution < -0.4 is 5.32 Å². The number of para-hydroxylation sites is 1. The molecule has 0 aliphatic rings. The highest BCUT2D eigenvalue weighted by Crippen LogP contribution is 2.25. The summed E-state index contributed by atoms with van der Waals surface area (Å²) in [6.07, 6.45) is 0. The first-order valence-electron chi connectivity index (χ1n) is 9.68. The van der Waals surface area contributed by atoms with E-state index in [-0.39, 0.29) is 12.3 Å². The molecule has 0 saturated heterocycles. The average Bonchev–Trinajstić information content (AvgIpc) is 3.09. The van der Waals surface area contributed by atoms with E-state index in [1.54, 1.807) is 23.7 Å². The van der Waals surface area contributed by atoms with Crippen LogP contribution in [0, 0.1) is 20.8 Å². The molecule has 0 amide bonds. The SMILES string of the molecule is CCOC(=O)c1ccc(Nc2cc(C)nn2-c2cc(C)c3cccc(C)c3n2)nn1. The van der Waals surface area contributed by atoms with Gasteiger partial charge in [0, 0.05) is 11.5 Å². The third-order valence-electron chi connectivity index (χ3n) is 4.69. The molecule has 8 nitrogen and oxygen atoms in total. The van der Waals surface area contributed by atoms with Crippen LogP contribution in [0.25, 0.3) is 16.7 Å². The third kappa shape index (κ3) is 3.71. The number of nitrogens with one attached hydrogen (secondary N) is 1. The van der Waals surface area contributed by atoms with Crippen LogP contribution in [-0.4, -0.2) is 37.5 Å². The summed E-state index contributed by atoms with van der Waals surface area (Å²) >= 11 is 0. The number of hydrogen-bond donors (Lipinski definition) is 1. The van der Waals surface area contributed by atoms with E-state index in [0.717, 1.165) is 27.7 Å². The smallest absolute Gasteiger partial charge is 0.358 e. The van der Waals surface area contributed by atoms with Crippen molar-refractivity contribution in [2.45, 2.75) is 27.7 Å². The predicted octanol–water partition coefficient (Wildman–Crippen LogP) is 4.06. The number of hydrogen-bond acceptors (Lipinski definition) is 7. The molecule has 3 aromatic heterocycles. The van der Waals surface area contributed by atoms with Crippen molar-refractivity contribution in [3.05, 3.63) is 65.0 Å². The van der Waals surface area contributed by atoms with Gasteiger partial charge in [-0.15, -0.1) is 10.2 Å². The summed E-state index contributed by atoms with van der Waals surface area (Å²) < 4.78 is 6.68. The number of rotatable bonds is 5.